The third kappa shape index (κ3) is 16.5. The third-order valence-electron chi connectivity index (χ3n) is 9.33. The molecule has 0 bridgehead atoms. The van der Waals surface area contributed by atoms with Gasteiger partial charge in [-0.1, -0.05) is 120 Å². The van der Waals surface area contributed by atoms with E-state index in [1.807, 2.05) is 12.2 Å². The number of alkyl halides is 5. The standard InChI is InChI=1S/C39H61F5O3/c1-6-9-23-35(31-25-27-33(45)28-26-31)36(34(20-7-2)30(4)5)24-18-13-11-10-12-16-21-32(37(46)47-8-3)22-17-14-15-19-29-38(40,41)39(42,43)44/h7,20,25,27,32,35-36,45H,2,4,6,8-19,21-24,26,28-29H2,1,3,5H3/b34-20+. The summed E-state index contributed by atoms with van der Waals surface area (Å²) in [4.78, 5) is 12.5. The summed E-state index contributed by atoms with van der Waals surface area (Å²) in [6, 6.07) is 0. The molecule has 0 aromatic heterocycles. The number of hydrogen-bond donors (Lipinski definition) is 1. The van der Waals surface area contributed by atoms with E-state index in [-0.39, 0.29) is 31.3 Å². The minimum absolute atomic E-state index is 0.199. The van der Waals surface area contributed by atoms with Gasteiger partial charge in [-0.05, 0) is 75.9 Å². The van der Waals surface area contributed by atoms with Crippen molar-refractivity contribution in [1.82, 2.24) is 0 Å². The Kier molecular flexibility index (Phi) is 20.9. The second-order valence-corrected chi connectivity index (χ2v) is 13.2. The van der Waals surface area contributed by atoms with Gasteiger partial charge in [-0.2, -0.15) is 22.0 Å². The number of halogens is 5. The average Bonchev–Trinajstić information content (AvgIpc) is 3.01. The van der Waals surface area contributed by atoms with Crippen molar-refractivity contribution in [3.63, 3.8) is 0 Å². The molecule has 1 aliphatic rings. The summed E-state index contributed by atoms with van der Waals surface area (Å²) in [5.41, 5.74) is 3.76. The maximum atomic E-state index is 13.1. The van der Waals surface area contributed by atoms with Crippen LogP contribution in [0.5, 0.6) is 0 Å². The van der Waals surface area contributed by atoms with E-state index >= 15 is 0 Å². The molecule has 0 aromatic rings. The fourth-order valence-electron chi connectivity index (χ4n) is 6.64. The number of aliphatic hydroxyl groups excluding tert-OH is 1. The topological polar surface area (TPSA) is 46.5 Å². The van der Waals surface area contributed by atoms with Crippen molar-refractivity contribution in [2.24, 2.45) is 17.8 Å². The molecule has 3 atom stereocenters. The van der Waals surface area contributed by atoms with E-state index < -0.39 is 18.5 Å². The molecule has 0 amide bonds. The van der Waals surface area contributed by atoms with Crippen LogP contribution in [0.4, 0.5) is 22.0 Å². The number of unbranched alkanes of at least 4 members (excludes halogenated alkanes) is 9. The van der Waals surface area contributed by atoms with Crippen molar-refractivity contribution in [3.05, 3.63) is 59.9 Å². The first-order valence-electron chi connectivity index (χ1n) is 18.0. The van der Waals surface area contributed by atoms with E-state index in [2.05, 4.69) is 39.2 Å². The molecule has 1 rings (SSSR count). The van der Waals surface area contributed by atoms with Crippen LogP contribution in [-0.2, 0) is 9.53 Å². The average molecular weight is 673 g/mol. The summed E-state index contributed by atoms with van der Waals surface area (Å²) in [6.45, 7) is 14.6. The zero-order valence-corrected chi connectivity index (χ0v) is 29.3. The van der Waals surface area contributed by atoms with Crippen molar-refractivity contribution in [2.45, 2.75) is 155 Å². The molecule has 0 heterocycles. The number of carbonyl (C=O) groups excluding carboxylic acids is 1. The maximum Gasteiger partial charge on any atom is 0.453 e. The Morgan fingerprint density at radius 2 is 1.45 bits per heavy atom. The van der Waals surface area contributed by atoms with Crippen LogP contribution >= 0.6 is 0 Å². The van der Waals surface area contributed by atoms with Crippen LogP contribution in [0.1, 0.15) is 143 Å². The lowest BCUT2D eigenvalue weighted by molar-refractivity contribution is -0.284. The van der Waals surface area contributed by atoms with Gasteiger partial charge in [0.1, 0.15) is 0 Å². The van der Waals surface area contributed by atoms with Crippen molar-refractivity contribution >= 4 is 5.97 Å². The van der Waals surface area contributed by atoms with Gasteiger partial charge in [0.15, 0.2) is 0 Å². The first-order valence-corrected chi connectivity index (χ1v) is 18.0. The minimum atomic E-state index is -5.50. The van der Waals surface area contributed by atoms with Crippen LogP contribution in [0, 0.1) is 17.8 Å². The van der Waals surface area contributed by atoms with Crippen LogP contribution in [0.2, 0.25) is 0 Å². The number of ether oxygens (including phenoxy) is 1. The summed E-state index contributed by atoms with van der Waals surface area (Å²) in [7, 11) is 0. The lowest BCUT2D eigenvalue weighted by Crippen LogP contribution is -2.36. The monoisotopic (exact) mass is 672 g/mol. The van der Waals surface area contributed by atoms with Gasteiger partial charge in [0, 0.05) is 12.8 Å². The Hall–Kier alpha value is -2.38. The molecular formula is C39H61F5O3. The molecule has 0 saturated heterocycles. The van der Waals surface area contributed by atoms with Crippen molar-refractivity contribution < 1.29 is 36.6 Å². The van der Waals surface area contributed by atoms with E-state index in [0.29, 0.717) is 49.7 Å². The van der Waals surface area contributed by atoms with Gasteiger partial charge >= 0.3 is 18.1 Å². The Labute approximate surface area is 281 Å². The molecule has 8 heteroatoms. The van der Waals surface area contributed by atoms with Crippen LogP contribution in [0.15, 0.2) is 59.9 Å². The summed E-state index contributed by atoms with van der Waals surface area (Å²) in [5, 5.41) is 9.96. The highest BCUT2D eigenvalue weighted by molar-refractivity contribution is 5.72. The molecule has 0 aliphatic heterocycles. The predicted octanol–water partition coefficient (Wildman–Crippen LogP) is 13.1. The Morgan fingerprint density at radius 1 is 0.872 bits per heavy atom. The quantitative estimate of drug-likeness (QED) is 0.0430. The molecule has 3 unspecified atom stereocenters. The van der Waals surface area contributed by atoms with Gasteiger partial charge < -0.3 is 9.84 Å². The third-order valence-corrected chi connectivity index (χ3v) is 9.33. The number of esters is 1. The molecule has 1 aliphatic carbocycles. The van der Waals surface area contributed by atoms with E-state index in [9.17, 15) is 31.9 Å². The van der Waals surface area contributed by atoms with E-state index in [0.717, 1.165) is 76.2 Å². The summed E-state index contributed by atoms with van der Waals surface area (Å²) in [6.07, 6.45) is 16.0. The molecule has 0 aromatic carbocycles. The predicted molar refractivity (Wildman–Crippen MR) is 183 cm³/mol. The highest BCUT2D eigenvalue weighted by Gasteiger charge is 2.56. The smallest absolute Gasteiger partial charge is 0.453 e. The van der Waals surface area contributed by atoms with Crippen LogP contribution in [0.25, 0.3) is 0 Å². The van der Waals surface area contributed by atoms with E-state index in [4.69, 9.17) is 4.74 Å². The maximum absolute atomic E-state index is 13.1. The summed E-state index contributed by atoms with van der Waals surface area (Å²) < 4.78 is 68.5. The normalized spacial score (nSPS) is 16.2. The molecular weight excluding hydrogens is 611 g/mol. The molecule has 1 N–H and O–H groups in total. The van der Waals surface area contributed by atoms with Crippen molar-refractivity contribution in [1.29, 1.82) is 0 Å². The van der Waals surface area contributed by atoms with Gasteiger partial charge in [0.25, 0.3) is 0 Å². The highest BCUT2D eigenvalue weighted by Crippen LogP contribution is 2.41. The second kappa shape index (κ2) is 23.1. The molecule has 3 nitrogen and oxygen atoms in total. The fraction of sp³-hybridized carbons (Fsp3) is 0.718. The molecule has 47 heavy (non-hydrogen) atoms. The van der Waals surface area contributed by atoms with E-state index in [1.54, 1.807) is 6.92 Å². The zero-order chi connectivity index (χ0) is 35.3. The highest BCUT2D eigenvalue weighted by atomic mass is 19.4. The zero-order valence-electron chi connectivity index (χ0n) is 29.3. The Bertz CT molecular complexity index is 1020. The van der Waals surface area contributed by atoms with Gasteiger partial charge in [0.2, 0.25) is 0 Å². The van der Waals surface area contributed by atoms with Crippen molar-refractivity contribution in [2.75, 3.05) is 6.61 Å². The molecule has 0 spiro atoms. The first-order chi connectivity index (χ1) is 22.3. The number of allylic oxidation sites excluding steroid dienone is 8. The van der Waals surface area contributed by atoms with Crippen LogP contribution in [-0.4, -0.2) is 29.8 Å². The number of hydrogen-bond acceptors (Lipinski definition) is 3. The lowest BCUT2D eigenvalue weighted by Gasteiger charge is -2.33. The van der Waals surface area contributed by atoms with Crippen molar-refractivity contribution in [3.8, 4) is 0 Å². The van der Waals surface area contributed by atoms with E-state index in [1.165, 1.54) is 11.1 Å². The fourth-order valence-corrected chi connectivity index (χ4v) is 6.64. The van der Waals surface area contributed by atoms with Gasteiger partial charge in [-0.15, -0.1) is 0 Å². The molecule has 0 fully saturated rings. The van der Waals surface area contributed by atoms with Crippen LogP contribution < -0.4 is 0 Å². The summed E-state index contributed by atoms with van der Waals surface area (Å²) in [5.74, 6) is -3.96. The molecule has 0 radical (unpaired) electrons. The molecule has 270 valence electrons. The summed E-state index contributed by atoms with van der Waals surface area (Å²) >= 11 is 0. The number of rotatable bonds is 26. The lowest BCUT2D eigenvalue weighted by atomic mass is 9.72. The van der Waals surface area contributed by atoms with Gasteiger partial charge in [-0.3, -0.25) is 4.79 Å². The van der Waals surface area contributed by atoms with Crippen LogP contribution in [0.3, 0.4) is 0 Å². The second-order valence-electron chi connectivity index (χ2n) is 13.2. The Morgan fingerprint density at radius 3 is 1.94 bits per heavy atom. The minimum Gasteiger partial charge on any atom is -0.512 e. The Balaban J connectivity index is 2.59. The first kappa shape index (κ1) is 42.6. The number of carbonyl (C=O) groups is 1. The molecule has 0 saturated carbocycles. The van der Waals surface area contributed by atoms with Gasteiger partial charge in [0.05, 0.1) is 18.3 Å². The van der Waals surface area contributed by atoms with Gasteiger partial charge in [-0.25, -0.2) is 0 Å². The largest absolute Gasteiger partial charge is 0.512 e. The SMILES string of the molecule is C=C/C=C(\C(=C)C)C(CCCCCCCCC(CCCCCCC(F)(F)C(F)(F)F)C(=O)OCC)C(CCCC)C1=CC=C(O)CC1. The number of aliphatic hydroxyl groups is 1.